The van der Waals surface area contributed by atoms with Crippen molar-refractivity contribution in [3.63, 3.8) is 0 Å². The Hall–Kier alpha value is -0.870. The van der Waals surface area contributed by atoms with Crippen LogP contribution in [0.2, 0.25) is 0 Å². The van der Waals surface area contributed by atoms with Crippen molar-refractivity contribution in [3.8, 4) is 0 Å². The number of amides is 1. The molecular weight excluding hydrogens is 166 g/mol. The second-order valence-electron chi connectivity index (χ2n) is 3.14. The Morgan fingerprint density at radius 1 is 1.77 bits per heavy atom. The molecule has 0 aromatic rings. The van der Waals surface area contributed by atoms with E-state index in [4.69, 9.17) is 0 Å². The van der Waals surface area contributed by atoms with E-state index in [0.29, 0.717) is 0 Å². The smallest absolute Gasteiger partial charge is 0.240 e. The Morgan fingerprint density at radius 3 is 2.54 bits per heavy atom. The minimum Gasteiger partial charge on any atom is -0.366 e. The molecule has 4 nitrogen and oxygen atoms in total. The van der Waals surface area contributed by atoms with Crippen LogP contribution in [0.25, 0.3) is 0 Å². The van der Waals surface area contributed by atoms with Crippen LogP contribution in [0.5, 0.6) is 0 Å². The zero-order valence-electron chi connectivity index (χ0n) is 8.42. The molecule has 0 radical (unpaired) electrons. The van der Waals surface area contributed by atoms with Crippen molar-refractivity contribution in [1.29, 1.82) is 0 Å². The molecule has 1 heterocycles. The molecule has 0 aliphatic carbocycles. The highest BCUT2D eigenvalue weighted by Crippen LogP contribution is 1.95. The highest BCUT2D eigenvalue weighted by atomic mass is 16.1. The summed E-state index contributed by atoms with van der Waals surface area (Å²) in [5.74, 6) is -0.481. The number of piperazine rings is 1. The molecule has 0 aromatic heterocycles. The third-order valence-electron chi connectivity index (χ3n) is 2.03. The number of primary amides is 1. The Kier molecular flexibility index (Phi) is 6.18. The fourth-order valence-corrected chi connectivity index (χ4v) is 0.943. The summed E-state index contributed by atoms with van der Waals surface area (Å²) in [4.78, 5) is 11.8. The van der Waals surface area contributed by atoms with Crippen molar-refractivity contribution in [3.05, 3.63) is 12.7 Å². The van der Waals surface area contributed by atoms with Crippen LogP contribution in [0.4, 0.5) is 0 Å². The number of hydrogen-bond acceptors (Lipinski definition) is 3. The van der Waals surface area contributed by atoms with Gasteiger partial charge in [-0.15, -0.1) is 0 Å². The van der Waals surface area contributed by atoms with E-state index in [1.54, 1.807) is 0 Å². The summed E-state index contributed by atoms with van der Waals surface area (Å²) in [6.45, 7) is 8.83. The summed E-state index contributed by atoms with van der Waals surface area (Å²) in [7, 11) is 2.17. The van der Waals surface area contributed by atoms with Gasteiger partial charge in [-0.2, -0.15) is 0 Å². The molecule has 0 spiro atoms. The van der Waals surface area contributed by atoms with Gasteiger partial charge in [0.25, 0.3) is 0 Å². The zero-order valence-corrected chi connectivity index (χ0v) is 8.42. The Morgan fingerprint density at radius 2 is 2.31 bits per heavy atom. The van der Waals surface area contributed by atoms with Gasteiger partial charge in [0.1, 0.15) is 0 Å². The summed E-state index contributed by atoms with van der Waals surface area (Å²) < 4.78 is 0. The van der Waals surface area contributed by atoms with Crippen LogP contribution >= 0.6 is 0 Å². The first-order valence-corrected chi connectivity index (χ1v) is 4.40. The fraction of sp³-hybridized carbons (Fsp3) is 0.667. The van der Waals surface area contributed by atoms with Crippen LogP contribution in [-0.4, -0.2) is 43.5 Å². The van der Waals surface area contributed by atoms with Crippen LogP contribution in [-0.2, 0) is 4.79 Å². The van der Waals surface area contributed by atoms with E-state index in [0.717, 1.165) is 25.2 Å². The van der Waals surface area contributed by atoms with E-state index in [-0.39, 0.29) is 0 Å². The molecule has 1 saturated heterocycles. The van der Waals surface area contributed by atoms with Crippen LogP contribution in [0.3, 0.4) is 0 Å². The summed E-state index contributed by atoms with van der Waals surface area (Å²) >= 11 is 0. The standard InChI is InChI=1S/C6H14N2.C3H5NO/c1-6-5-7-3-4-8(6)2;1-2-3(4)5/h6-7H,3-5H2,1-2H3;2H,1H2,(H2,4,5). The van der Waals surface area contributed by atoms with Crippen molar-refractivity contribution >= 4 is 5.91 Å². The molecule has 1 amide bonds. The lowest BCUT2D eigenvalue weighted by atomic mass is 10.2. The second-order valence-corrected chi connectivity index (χ2v) is 3.14. The predicted octanol–water partition coefficient (Wildman–Crippen LogP) is -0.432. The lowest BCUT2D eigenvalue weighted by Crippen LogP contribution is -2.47. The van der Waals surface area contributed by atoms with Crippen LogP contribution < -0.4 is 11.1 Å². The highest BCUT2D eigenvalue weighted by molar-refractivity contribution is 5.84. The molecule has 1 fully saturated rings. The van der Waals surface area contributed by atoms with Crippen LogP contribution in [0, 0.1) is 0 Å². The van der Waals surface area contributed by atoms with E-state index in [2.05, 4.69) is 36.5 Å². The average molecular weight is 185 g/mol. The average Bonchev–Trinajstić information content (AvgIpc) is 2.11. The molecule has 3 N–H and O–H groups in total. The predicted molar refractivity (Wildman–Crippen MR) is 54.4 cm³/mol. The molecular formula is C9H19N3O. The summed E-state index contributed by atoms with van der Waals surface area (Å²) in [6, 6.07) is 0.726. The molecule has 1 unspecified atom stereocenters. The van der Waals surface area contributed by atoms with E-state index < -0.39 is 5.91 Å². The minimum absolute atomic E-state index is 0.481. The first kappa shape index (κ1) is 12.1. The number of nitrogens with two attached hydrogens (primary N) is 1. The number of nitrogens with zero attached hydrogens (tertiary/aromatic N) is 1. The van der Waals surface area contributed by atoms with Crippen molar-refractivity contribution in [2.75, 3.05) is 26.7 Å². The van der Waals surface area contributed by atoms with Gasteiger partial charge in [0.15, 0.2) is 0 Å². The minimum atomic E-state index is -0.481. The van der Waals surface area contributed by atoms with E-state index >= 15 is 0 Å². The zero-order chi connectivity index (χ0) is 10.3. The number of likely N-dealkylation sites (N-methyl/N-ethyl adjacent to an activating group) is 1. The Labute approximate surface area is 79.8 Å². The monoisotopic (exact) mass is 185 g/mol. The SMILES string of the molecule is C=CC(N)=O.CC1CNCCN1C. The largest absolute Gasteiger partial charge is 0.366 e. The van der Waals surface area contributed by atoms with Crippen molar-refractivity contribution < 1.29 is 4.79 Å². The summed E-state index contributed by atoms with van der Waals surface area (Å²) in [5.41, 5.74) is 4.53. The summed E-state index contributed by atoms with van der Waals surface area (Å²) in [5, 5.41) is 3.32. The van der Waals surface area contributed by atoms with Gasteiger partial charge >= 0.3 is 0 Å². The quantitative estimate of drug-likeness (QED) is 0.545. The number of nitrogens with one attached hydrogen (secondary N) is 1. The van der Waals surface area contributed by atoms with Gasteiger partial charge in [0, 0.05) is 25.7 Å². The number of carbonyl (C=O) groups excluding carboxylic acids is 1. The molecule has 0 aromatic carbocycles. The third-order valence-corrected chi connectivity index (χ3v) is 2.03. The topological polar surface area (TPSA) is 58.4 Å². The second kappa shape index (κ2) is 6.62. The lowest BCUT2D eigenvalue weighted by Gasteiger charge is -2.29. The van der Waals surface area contributed by atoms with E-state index in [1.807, 2.05) is 0 Å². The molecule has 76 valence electrons. The van der Waals surface area contributed by atoms with Crippen molar-refractivity contribution in [2.45, 2.75) is 13.0 Å². The first-order chi connectivity index (χ1) is 6.07. The lowest BCUT2D eigenvalue weighted by molar-refractivity contribution is -0.113. The van der Waals surface area contributed by atoms with Gasteiger partial charge < -0.3 is 16.0 Å². The van der Waals surface area contributed by atoms with Gasteiger partial charge in [-0.05, 0) is 20.0 Å². The van der Waals surface area contributed by atoms with Gasteiger partial charge in [-0.25, -0.2) is 0 Å². The van der Waals surface area contributed by atoms with Gasteiger partial charge in [-0.1, -0.05) is 6.58 Å². The number of hydrogen-bond donors (Lipinski definition) is 2. The van der Waals surface area contributed by atoms with Gasteiger partial charge in [0.05, 0.1) is 0 Å². The van der Waals surface area contributed by atoms with Gasteiger partial charge in [-0.3, -0.25) is 4.79 Å². The maximum absolute atomic E-state index is 9.47. The molecule has 0 bridgehead atoms. The fourth-order valence-electron chi connectivity index (χ4n) is 0.943. The van der Waals surface area contributed by atoms with Crippen molar-refractivity contribution in [2.24, 2.45) is 5.73 Å². The molecule has 1 aliphatic heterocycles. The number of carbonyl (C=O) groups is 1. The van der Waals surface area contributed by atoms with Crippen LogP contribution in [0.15, 0.2) is 12.7 Å². The molecule has 4 heteroatoms. The van der Waals surface area contributed by atoms with E-state index in [9.17, 15) is 4.79 Å². The molecule has 1 rings (SSSR count). The Bertz CT molecular complexity index is 160. The normalized spacial score (nSPS) is 22.8. The molecule has 13 heavy (non-hydrogen) atoms. The maximum atomic E-state index is 9.47. The molecule has 1 aliphatic rings. The van der Waals surface area contributed by atoms with Crippen LogP contribution in [0.1, 0.15) is 6.92 Å². The Balaban J connectivity index is 0.000000252. The van der Waals surface area contributed by atoms with Crippen molar-refractivity contribution in [1.82, 2.24) is 10.2 Å². The van der Waals surface area contributed by atoms with E-state index in [1.165, 1.54) is 6.54 Å². The third kappa shape index (κ3) is 6.31. The number of rotatable bonds is 1. The van der Waals surface area contributed by atoms with Gasteiger partial charge in [0.2, 0.25) is 5.91 Å². The first-order valence-electron chi connectivity index (χ1n) is 4.40. The summed E-state index contributed by atoms with van der Waals surface area (Å²) in [6.07, 6.45) is 1.06. The highest BCUT2D eigenvalue weighted by Gasteiger charge is 2.11. The molecule has 0 saturated carbocycles. The maximum Gasteiger partial charge on any atom is 0.240 e. The molecule has 1 atom stereocenters.